The van der Waals surface area contributed by atoms with Crippen molar-refractivity contribution in [3.63, 3.8) is 0 Å². The van der Waals surface area contributed by atoms with E-state index in [1.165, 1.54) is 0 Å². The zero-order valence-corrected chi connectivity index (χ0v) is 18.5. The van der Waals surface area contributed by atoms with Crippen molar-refractivity contribution in [2.75, 3.05) is 5.32 Å². The lowest BCUT2D eigenvalue weighted by atomic mass is 9.99. The standard InChI is InChI=1S/C24H34N2O3/c1-8-9-20(18(4)17(2)3)12-15-22(27)26-21-13-10-19(11-14-21)16-25-23(28)29-24(5,6)7/h8-11,13-14H,2,12,15-16H2,1,3-7H3,(H,25,28)(H,26,27)/b9-8-,20-18+. The van der Waals surface area contributed by atoms with E-state index in [0.29, 0.717) is 19.4 Å². The van der Waals surface area contributed by atoms with Gasteiger partial charge in [0, 0.05) is 18.7 Å². The molecule has 0 saturated heterocycles. The van der Waals surface area contributed by atoms with Crippen LogP contribution in [0.25, 0.3) is 0 Å². The van der Waals surface area contributed by atoms with Crippen molar-refractivity contribution in [1.82, 2.24) is 5.32 Å². The molecule has 5 nitrogen and oxygen atoms in total. The van der Waals surface area contributed by atoms with Gasteiger partial charge in [0.1, 0.15) is 5.60 Å². The third-order valence-corrected chi connectivity index (χ3v) is 4.18. The maximum Gasteiger partial charge on any atom is 0.407 e. The van der Waals surface area contributed by atoms with Crippen molar-refractivity contribution in [2.24, 2.45) is 0 Å². The lowest BCUT2D eigenvalue weighted by molar-refractivity contribution is -0.116. The number of alkyl carbamates (subject to hydrolysis) is 1. The van der Waals surface area contributed by atoms with E-state index < -0.39 is 11.7 Å². The Kier molecular flexibility index (Phi) is 9.39. The van der Waals surface area contributed by atoms with Crippen LogP contribution < -0.4 is 10.6 Å². The van der Waals surface area contributed by atoms with Crippen LogP contribution in [-0.4, -0.2) is 17.6 Å². The number of hydrogen-bond donors (Lipinski definition) is 2. The Labute approximate surface area is 174 Å². The number of benzene rings is 1. The Morgan fingerprint density at radius 2 is 1.72 bits per heavy atom. The molecular formula is C24H34N2O3. The topological polar surface area (TPSA) is 67.4 Å². The van der Waals surface area contributed by atoms with Crippen LogP contribution in [0.5, 0.6) is 0 Å². The quantitative estimate of drug-likeness (QED) is 0.536. The fourth-order valence-electron chi connectivity index (χ4n) is 2.54. The normalized spacial score (nSPS) is 12.3. The second kappa shape index (κ2) is 11.2. The number of amides is 2. The van der Waals surface area contributed by atoms with Crippen molar-refractivity contribution >= 4 is 17.7 Å². The summed E-state index contributed by atoms with van der Waals surface area (Å²) in [5, 5.41) is 5.62. The molecule has 1 aromatic carbocycles. The van der Waals surface area contributed by atoms with Gasteiger partial charge in [0.25, 0.3) is 0 Å². The van der Waals surface area contributed by atoms with Crippen molar-refractivity contribution in [3.8, 4) is 0 Å². The van der Waals surface area contributed by atoms with Gasteiger partial charge in [-0.3, -0.25) is 4.79 Å². The Morgan fingerprint density at radius 3 is 2.24 bits per heavy atom. The number of rotatable bonds is 8. The van der Waals surface area contributed by atoms with E-state index in [-0.39, 0.29) is 5.91 Å². The van der Waals surface area contributed by atoms with E-state index in [9.17, 15) is 9.59 Å². The number of carbonyl (C=O) groups excluding carboxylic acids is 2. The number of anilines is 1. The number of carbonyl (C=O) groups is 2. The van der Waals surface area contributed by atoms with E-state index in [0.717, 1.165) is 28.0 Å². The predicted octanol–water partition coefficient (Wildman–Crippen LogP) is 5.90. The molecule has 1 rings (SSSR count). The van der Waals surface area contributed by atoms with E-state index in [1.54, 1.807) is 0 Å². The first-order valence-electron chi connectivity index (χ1n) is 9.85. The van der Waals surface area contributed by atoms with Crippen LogP contribution in [0.1, 0.15) is 59.9 Å². The maximum absolute atomic E-state index is 12.3. The van der Waals surface area contributed by atoms with Crippen LogP contribution in [0.3, 0.4) is 0 Å². The average Bonchev–Trinajstić information content (AvgIpc) is 2.62. The van der Waals surface area contributed by atoms with Gasteiger partial charge in [-0.2, -0.15) is 0 Å². The third kappa shape index (κ3) is 9.79. The van der Waals surface area contributed by atoms with Crippen molar-refractivity contribution in [2.45, 2.75) is 66.5 Å². The maximum atomic E-state index is 12.3. The summed E-state index contributed by atoms with van der Waals surface area (Å²) in [6, 6.07) is 7.38. The minimum atomic E-state index is -0.525. The molecule has 5 heteroatoms. The molecule has 0 aliphatic carbocycles. The van der Waals surface area contributed by atoms with E-state index in [4.69, 9.17) is 4.74 Å². The van der Waals surface area contributed by atoms with Crippen LogP contribution in [0.4, 0.5) is 10.5 Å². The molecule has 29 heavy (non-hydrogen) atoms. The Balaban J connectivity index is 2.56. The molecule has 0 heterocycles. The highest BCUT2D eigenvalue weighted by atomic mass is 16.6. The summed E-state index contributed by atoms with van der Waals surface area (Å²) < 4.78 is 5.21. The third-order valence-electron chi connectivity index (χ3n) is 4.18. The fourth-order valence-corrected chi connectivity index (χ4v) is 2.54. The molecule has 1 aromatic rings. The monoisotopic (exact) mass is 398 g/mol. The first kappa shape index (κ1) is 24.2. The van der Waals surface area contributed by atoms with Crippen LogP contribution in [0.15, 0.2) is 59.7 Å². The fraction of sp³-hybridized carbons (Fsp3) is 0.417. The molecule has 0 fully saturated rings. The van der Waals surface area contributed by atoms with Crippen molar-refractivity contribution in [3.05, 3.63) is 65.3 Å². The minimum absolute atomic E-state index is 0.0406. The smallest absolute Gasteiger partial charge is 0.407 e. The zero-order valence-electron chi connectivity index (χ0n) is 18.5. The lowest BCUT2D eigenvalue weighted by Gasteiger charge is -2.19. The minimum Gasteiger partial charge on any atom is -0.444 e. The number of nitrogens with one attached hydrogen (secondary N) is 2. The SMILES string of the molecule is C=C(C)/C(C)=C(\C=C/C)CCC(=O)Nc1ccc(CNC(=O)OC(C)(C)C)cc1. The van der Waals surface area contributed by atoms with Crippen molar-refractivity contribution in [1.29, 1.82) is 0 Å². The highest BCUT2D eigenvalue weighted by Gasteiger charge is 2.15. The summed E-state index contributed by atoms with van der Waals surface area (Å²) in [5.41, 5.74) is 4.38. The molecule has 0 atom stereocenters. The van der Waals surface area contributed by atoms with Crippen LogP contribution in [-0.2, 0) is 16.1 Å². The van der Waals surface area contributed by atoms with Gasteiger partial charge >= 0.3 is 6.09 Å². The molecule has 158 valence electrons. The first-order chi connectivity index (χ1) is 13.5. The summed E-state index contributed by atoms with van der Waals surface area (Å²) in [5.74, 6) is -0.0406. The summed E-state index contributed by atoms with van der Waals surface area (Å²) in [6.45, 7) is 15.8. The summed E-state index contributed by atoms with van der Waals surface area (Å²) in [7, 11) is 0. The van der Waals surface area contributed by atoms with Gasteiger partial charge < -0.3 is 15.4 Å². The molecule has 0 bridgehead atoms. The summed E-state index contributed by atoms with van der Waals surface area (Å²) in [4.78, 5) is 24.0. The highest BCUT2D eigenvalue weighted by molar-refractivity contribution is 5.90. The summed E-state index contributed by atoms with van der Waals surface area (Å²) in [6.07, 6.45) is 4.61. The van der Waals surface area contributed by atoms with Crippen molar-refractivity contribution < 1.29 is 14.3 Å². The van der Waals surface area contributed by atoms with Gasteiger partial charge in [-0.25, -0.2) is 4.79 Å². The van der Waals surface area contributed by atoms with Gasteiger partial charge in [-0.05, 0) is 76.8 Å². The van der Waals surface area contributed by atoms with E-state index in [2.05, 4.69) is 17.2 Å². The number of ether oxygens (including phenoxy) is 1. The Bertz CT molecular complexity index is 781. The molecule has 0 spiro atoms. The molecule has 0 aliphatic rings. The van der Waals surface area contributed by atoms with Crippen LogP contribution in [0.2, 0.25) is 0 Å². The zero-order chi connectivity index (χ0) is 22.0. The van der Waals surface area contributed by atoms with E-state index >= 15 is 0 Å². The molecule has 2 amide bonds. The van der Waals surface area contributed by atoms with Gasteiger partial charge in [0.2, 0.25) is 5.91 Å². The highest BCUT2D eigenvalue weighted by Crippen LogP contribution is 2.19. The average molecular weight is 399 g/mol. The largest absolute Gasteiger partial charge is 0.444 e. The second-order valence-electron chi connectivity index (χ2n) is 8.03. The van der Waals surface area contributed by atoms with Gasteiger partial charge in [0.15, 0.2) is 0 Å². The first-order valence-corrected chi connectivity index (χ1v) is 9.85. The summed E-state index contributed by atoms with van der Waals surface area (Å²) >= 11 is 0. The van der Waals surface area contributed by atoms with Gasteiger partial charge in [-0.1, -0.05) is 36.4 Å². The van der Waals surface area contributed by atoms with Crippen LogP contribution >= 0.6 is 0 Å². The molecule has 2 N–H and O–H groups in total. The lowest BCUT2D eigenvalue weighted by Crippen LogP contribution is -2.32. The second-order valence-corrected chi connectivity index (χ2v) is 8.03. The number of allylic oxidation sites excluding steroid dienone is 5. The van der Waals surface area contributed by atoms with Gasteiger partial charge in [0.05, 0.1) is 0 Å². The molecule has 0 aliphatic heterocycles. The van der Waals surface area contributed by atoms with Crippen LogP contribution in [0, 0.1) is 0 Å². The van der Waals surface area contributed by atoms with E-state index in [1.807, 2.05) is 78.0 Å². The Morgan fingerprint density at radius 1 is 1.10 bits per heavy atom. The molecule has 0 aromatic heterocycles. The molecule has 0 saturated carbocycles. The molecule has 0 unspecified atom stereocenters. The Hall–Kier alpha value is -2.82. The predicted molar refractivity (Wildman–Crippen MR) is 120 cm³/mol. The molecule has 0 radical (unpaired) electrons. The molecular weight excluding hydrogens is 364 g/mol. The van der Waals surface area contributed by atoms with Gasteiger partial charge in [-0.15, -0.1) is 0 Å². The number of hydrogen-bond acceptors (Lipinski definition) is 3.